The van der Waals surface area contributed by atoms with E-state index in [0.717, 1.165) is 44.4 Å². The smallest absolute Gasteiger partial charge is 0.427 e. The lowest BCUT2D eigenvalue weighted by Crippen LogP contribution is -2.18. The van der Waals surface area contributed by atoms with Crippen molar-refractivity contribution >= 4 is 24.7 Å². The van der Waals surface area contributed by atoms with Crippen molar-refractivity contribution in [2.24, 2.45) is 4.99 Å². The molecule has 1 aliphatic heterocycles. The number of aliphatic imine (C=N–C) groups is 1. The summed E-state index contributed by atoms with van der Waals surface area (Å²) in [6.45, 7) is 13.0. The molecule has 0 radical (unpaired) electrons. The average Bonchev–Trinajstić information content (AvgIpc) is 3.15. The van der Waals surface area contributed by atoms with Gasteiger partial charge in [-0.1, -0.05) is 26.0 Å². The first kappa shape index (κ1) is 23.7. The molecule has 168 valence electrons. The lowest BCUT2D eigenvalue weighted by Gasteiger charge is -2.17. The molecule has 0 N–H and O–H groups in total. The molecule has 1 aromatic heterocycles. The molecule has 0 bridgehead atoms. The second-order valence-electron chi connectivity index (χ2n) is 8.03. The van der Waals surface area contributed by atoms with Gasteiger partial charge in [-0.2, -0.15) is 0 Å². The van der Waals surface area contributed by atoms with E-state index in [1.54, 1.807) is 31.2 Å². The van der Waals surface area contributed by atoms with E-state index in [1.807, 2.05) is 27.7 Å². The highest BCUT2D eigenvalue weighted by atomic mass is 19.2. The number of hydrogen-bond donors (Lipinski definition) is 0. The van der Waals surface area contributed by atoms with Crippen molar-refractivity contribution in [3.8, 4) is 5.75 Å². The number of nitrogens with zero attached hydrogens (tertiary/aromatic N) is 2. The van der Waals surface area contributed by atoms with Gasteiger partial charge in [0, 0.05) is 29.6 Å². The van der Waals surface area contributed by atoms with Crippen molar-refractivity contribution in [1.29, 1.82) is 0 Å². The number of halogens is 2. The van der Waals surface area contributed by atoms with Gasteiger partial charge in [0.2, 0.25) is 0 Å². The van der Waals surface area contributed by atoms with Gasteiger partial charge in [0.05, 0.1) is 5.70 Å². The van der Waals surface area contributed by atoms with Gasteiger partial charge in [-0.3, -0.25) is 18.4 Å². The van der Waals surface area contributed by atoms with E-state index in [2.05, 4.69) is 6.92 Å². The van der Waals surface area contributed by atoms with Crippen molar-refractivity contribution in [2.45, 2.75) is 61.3 Å². The van der Waals surface area contributed by atoms with Crippen LogP contribution >= 0.6 is 0 Å². The summed E-state index contributed by atoms with van der Waals surface area (Å²) in [6.07, 6.45) is 1.48. The molecule has 7 heteroatoms. The van der Waals surface area contributed by atoms with Gasteiger partial charge in [-0.05, 0) is 80.5 Å². The first-order valence-corrected chi connectivity index (χ1v) is 10.9. The standard InChI is InChI=1S/C25H29BF2N2O2/c1-8-21-14(3)24(29-16(21)5)23(19-10-12-20(13-11-19)32-18(7)31)25-15(4)22(9-2)17(6)30(25)26(27)28/h10-13H,8-9H2,1-7H3/b24-23-. The molecule has 2 aromatic rings. The van der Waals surface area contributed by atoms with Crippen LogP contribution in [0.1, 0.15) is 69.1 Å². The Morgan fingerprint density at radius 1 is 1.06 bits per heavy atom. The molecule has 0 unspecified atom stereocenters. The van der Waals surface area contributed by atoms with E-state index in [0.29, 0.717) is 34.8 Å². The van der Waals surface area contributed by atoms with Crippen molar-refractivity contribution in [1.82, 2.24) is 4.48 Å². The molecule has 1 aromatic carbocycles. The summed E-state index contributed by atoms with van der Waals surface area (Å²) < 4.78 is 35.0. The first-order chi connectivity index (χ1) is 15.1. The summed E-state index contributed by atoms with van der Waals surface area (Å²) in [7, 11) is -2.68. The molecule has 0 spiro atoms. The maximum atomic E-state index is 14.3. The molecule has 4 nitrogen and oxygen atoms in total. The Morgan fingerprint density at radius 3 is 2.16 bits per heavy atom. The van der Waals surface area contributed by atoms with Crippen LogP contribution in [0.15, 0.2) is 46.1 Å². The van der Waals surface area contributed by atoms with E-state index in [9.17, 15) is 13.4 Å². The van der Waals surface area contributed by atoms with Gasteiger partial charge < -0.3 is 9.21 Å². The summed E-state index contributed by atoms with van der Waals surface area (Å²) >= 11 is 0. The third kappa shape index (κ3) is 4.08. The summed E-state index contributed by atoms with van der Waals surface area (Å²) in [4.78, 5) is 16.1. The molecular weight excluding hydrogens is 409 g/mol. The summed E-state index contributed by atoms with van der Waals surface area (Å²) in [6, 6.07) is 6.96. The van der Waals surface area contributed by atoms with Crippen molar-refractivity contribution in [3.63, 3.8) is 0 Å². The van der Waals surface area contributed by atoms with Crippen LogP contribution in [0.25, 0.3) is 5.57 Å². The highest BCUT2D eigenvalue weighted by molar-refractivity contribution is 6.41. The minimum atomic E-state index is -2.68. The third-order valence-electron chi connectivity index (χ3n) is 6.15. The number of rotatable bonds is 6. The number of hydrogen-bond acceptors (Lipinski definition) is 3. The largest absolute Gasteiger partial charge is 0.677 e. The quantitative estimate of drug-likeness (QED) is 0.301. The molecule has 0 fully saturated rings. The Hall–Kier alpha value is -2.96. The summed E-state index contributed by atoms with van der Waals surface area (Å²) in [5, 5.41) is 0. The fourth-order valence-electron chi connectivity index (χ4n) is 4.72. The van der Waals surface area contributed by atoms with E-state index >= 15 is 0 Å². The molecule has 0 saturated heterocycles. The molecule has 2 heterocycles. The Morgan fingerprint density at radius 2 is 1.69 bits per heavy atom. The van der Waals surface area contributed by atoms with Crippen molar-refractivity contribution in [3.05, 3.63) is 69.2 Å². The number of carbonyl (C=O) groups is 1. The molecule has 0 atom stereocenters. The minimum absolute atomic E-state index is 0.407. The Balaban J connectivity index is 2.39. The Labute approximate surface area is 188 Å². The number of aromatic nitrogens is 1. The van der Waals surface area contributed by atoms with Gasteiger partial charge in [-0.15, -0.1) is 0 Å². The zero-order chi connectivity index (χ0) is 23.7. The maximum absolute atomic E-state index is 14.3. The van der Waals surface area contributed by atoms with Crippen molar-refractivity contribution < 1.29 is 18.2 Å². The molecule has 0 aliphatic carbocycles. The van der Waals surface area contributed by atoms with Gasteiger partial charge in [0.25, 0.3) is 0 Å². The van der Waals surface area contributed by atoms with E-state index in [1.165, 1.54) is 6.92 Å². The Kier molecular flexibility index (Phi) is 6.87. The SMILES string of the molecule is CCC1=C(C)/C(=C(\c2ccc(OC(C)=O)cc2)c2c(C)c(CC)c(C)n2B(F)F)N=C1C. The van der Waals surface area contributed by atoms with E-state index in [4.69, 9.17) is 9.73 Å². The average molecular weight is 438 g/mol. The number of benzene rings is 1. The fraction of sp³-hybridized carbons (Fsp3) is 0.360. The minimum Gasteiger partial charge on any atom is -0.427 e. The first-order valence-electron chi connectivity index (χ1n) is 10.9. The maximum Gasteiger partial charge on any atom is 0.677 e. The van der Waals surface area contributed by atoms with Crippen LogP contribution < -0.4 is 4.74 Å². The number of allylic oxidation sites excluding steroid dienone is 2. The zero-order valence-corrected chi connectivity index (χ0v) is 19.8. The lowest BCUT2D eigenvalue weighted by molar-refractivity contribution is -0.131. The number of ether oxygens (including phenoxy) is 1. The third-order valence-corrected chi connectivity index (χ3v) is 6.15. The topological polar surface area (TPSA) is 43.6 Å². The summed E-state index contributed by atoms with van der Waals surface area (Å²) in [5.41, 5.74) is 7.98. The van der Waals surface area contributed by atoms with E-state index in [-0.39, 0.29) is 0 Å². The predicted molar refractivity (Wildman–Crippen MR) is 127 cm³/mol. The highest BCUT2D eigenvalue weighted by Crippen LogP contribution is 2.40. The van der Waals surface area contributed by atoms with Gasteiger partial charge >= 0.3 is 13.4 Å². The van der Waals surface area contributed by atoms with Gasteiger partial charge in [0.15, 0.2) is 0 Å². The van der Waals surface area contributed by atoms with Crippen LogP contribution in [0, 0.1) is 13.8 Å². The monoisotopic (exact) mass is 438 g/mol. The van der Waals surface area contributed by atoms with Crippen LogP contribution in [-0.4, -0.2) is 23.6 Å². The van der Waals surface area contributed by atoms with Crippen LogP contribution in [0.3, 0.4) is 0 Å². The molecule has 1 aliphatic rings. The second kappa shape index (κ2) is 9.27. The number of esters is 1. The normalized spacial score (nSPS) is 15.2. The molecule has 0 saturated carbocycles. The summed E-state index contributed by atoms with van der Waals surface area (Å²) in [5.74, 6) is -0.00560. The van der Waals surface area contributed by atoms with E-state index < -0.39 is 13.4 Å². The second-order valence-corrected chi connectivity index (χ2v) is 8.03. The zero-order valence-electron chi connectivity index (χ0n) is 19.8. The Bertz CT molecular complexity index is 1160. The highest BCUT2D eigenvalue weighted by Gasteiger charge is 2.32. The number of carbonyl (C=O) groups excluding carboxylic acids is 1. The van der Waals surface area contributed by atoms with Gasteiger partial charge in [-0.25, -0.2) is 0 Å². The van der Waals surface area contributed by atoms with Crippen molar-refractivity contribution in [2.75, 3.05) is 0 Å². The van der Waals surface area contributed by atoms with Crippen LogP contribution in [0.5, 0.6) is 5.75 Å². The molecule has 0 amide bonds. The molecular formula is C25H29BF2N2O2. The molecule has 32 heavy (non-hydrogen) atoms. The van der Waals surface area contributed by atoms with Crippen LogP contribution in [0.2, 0.25) is 0 Å². The lowest BCUT2D eigenvalue weighted by atomic mass is 9.92. The van der Waals surface area contributed by atoms with Crippen LogP contribution in [0.4, 0.5) is 8.63 Å². The fourth-order valence-corrected chi connectivity index (χ4v) is 4.72. The van der Waals surface area contributed by atoms with Crippen LogP contribution in [-0.2, 0) is 11.2 Å². The van der Waals surface area contributed by atoms with Gasteiger partial charge in [0.1, 0.15) is 5.75 Å². The predicted octanol–water partition coefficient (Wildman–Crippen LogP) is 6.33. The molecule has 3 rings (SSSR count).